The maximum atomic E-state index is 2.80. The molecule has 0 aromatic carbocycles. The lowest BCUT2D eigenvalue weighted by Crippen LogP contribution is -2.58. The molecule has 0 aromatic heterocycles. The van der Waals surface area contributed by atoms with Crippen LogP contribution in [0.15, 0.2) is 0 Å². The summed E-state index contributed by atoms with van der Waals surface area (Å²) in [7, 11) is 0. The SMILES string of the molecule is CC(C)C1CCC2(CC1)CC(N1CCN(C(C)I)CC1)C2. The van der Waals surface area contributed by atoms with Crippen molar-refractivity contribution in [1.29, 1.82) is 0 Å². The Labute approximate surface area is 145 Å². The average molecular weight is 404 g/mol. The van der Waals surface area contributed by atoms with E-state index >= 15 is 0 Å². The third-order valence-corrected chi connectivity index (χ3v) is 7.53. The van der Waals surface area contributed by atoms with Crippen LogP contribution in [0.4, 0.5) is 0 Å². The molecular weight excluding hydrogens is 371 g/mol. The highest BCUT2D eigenvalue weighted by atomic mass is 127. The fourth-order valence-corrected chi connectivity index (χ4v) is 5.54. The summed E-state index contributed by atoms with van der Waals surface area (Å²) in [6.07, 6.45) is 9.08. The van der Waals surface area contributed by atoms with Gasteiger partial charge in [-0.05, 0) is 62.7 Å². The topological polar surface area (TPSA) is 6.48 Å². The second-order valence-corrected chi connectivity index (χ2v) is 10.1. The Morgan fingerprint density at radius 2 is 1.52 bits per heavy atom. The fraction of sp³-hybridized carbons (Fsp3) is 1.00. The van der Waals surface area contributed by atoms with Gasteiger partial charge in [0, 0.05) is 32.2 Å². The number of nitrogens with zero attached hydrogens (tertiary/aromatic N) is 2. The zero-order valence-electron chi connectivity index (χ0n) is 14.2. The Hall–Kier alpha value is 0.650. The van der Waals surface area contributed by atoms with Gasteiger partial charge in [0.05, 0.1) is 4.05 Å². The Morgan fingerprint density at radius 1 is 0.952 bits per heavy atom. The van der Waals surface area contributed by atoms with Gasteiger partial charge in [0.25, 0.3) is 0 Å². The van der Waals surface area contributed by atoms with E-state index in [2.05, 4.69) is 53.2 Å². The molecule has 3 aliphatic rings. The first-order valence-corrected chi connectivity index (χ1v) is 10.4. The maximum Gasteiger partial charge on any atom is 0.0590 e. The molecule has 0 aromatic rings. The smallest absolute Gasteiger partial charge is 0.0590 e. The van der Waals surface area contributed by atoms with Crippen LogP contribution in [-0.2, 0) is 0 Å². The second kappa shape index (κ2) is 6.64. The van der Waals surface area contributed by atoms with Crippen LogP contribution in [0.25, 0.3) is 0 Å². The lowest BCUT2D eigenvalue weighted by atomic mass is 9.55. The van der Waals surface area contributed by atoms with Gasteiger partial charge in [0.2, 0.25) is 0 Å². The zero-order chi connectivity index (χ0) is 15.0. The first-order chi connectivity index (χ1) is 9.99. The summed E-state index contributed by atoms with van der Waals surface area (Å²) in [4.78, 5) is 5.43. The van der Waals surface area contributed by atoms with Gasteiger partial charge < -0.3 is 0 Å². The van der Waals surface area contributed by atoms with Gasteiger partial charge in [-0.2, -0.15) is 0 Å². The van der Waals surface area contributed by atoms with Crippen LogP contribution in [-0.4, -0.2) is 46.1 Å². The molecule has 0 radical (unpaired) electrons. The monoisotopic (exact) mass is 404 g/mol. The quantitative estimate of drug-likeness (QED) is 0.391. The van der Waals surface area contributed by atoms with Crippen molar-refractivity contribution in [2.75, 3.05) is 26.2 Å². The molecule has 0 bridgehead atoms. The summed E-state index contributed by atoms with van der Waals surface area (Å²) in [5, 5.41) is 0. The summed E-state index contributed by atoms with van der Waals surface area (Å²) in [5.74, 6) is 1.92. The molecule has 1 saturated heterocycles. The first-order valence-electron chi connectivity index (χ1n) is 9.11. The normalized spacial score (nSPS) is 40.4. The van der Waals surface area contributed by atoms with Crippen molar-refractivity contribution < 1.29 is 0 Å². The molecule has 1 aliphatic heterocycles. The van der Waals surface area contributed by atoms with Gasteiger partial charge in [-0.3, -0.25) is 9.80 Å². The number of alkyl halides is 1. The van der Waals surface area contributed by atoms with Crippen molar-refractivity contribution >= 4 is 22.6 Å². The number of halogens is 1. The summed E-state index contributed by atoms with van der Waals surface area (Å²) in [6, 6.07) is 0.923. The van der Waals surface area contributed by atoms with Crippen LogP contribution in [0, 0.1) is 17.3 Å². The molecule has 1 heterocycles. The van der Waals surface area contributed by atoms with E-state index in [0.29, 0.717) is 4.05 Å². The molecule has 2 nitrogen and oxygen atoms in total. The van der Waals surface area contributed by atoms with Crippen molar-refractivity contribution in [3.05, 3.63) is 0 Å². The molecule has 3 rings (SSSR count). The Balaban J connectivity index is 1.42. The number of hydrogen-bond donors (Lipinski definition) is 0. The number of rotatable bonds is 3. The van der Waals surface area contributed by atoms with Crippen LogP contribution >= 0.6 is 22.6 Å². The summed E-state index contributed by atoms with van der Waals surface area (Å²) >= 11 is 2.55. The van der Waals surface area contributed by atoms with E-state index in [4.69, 9.17) is 0 Å². The van der Waals surface area contributed by atoms with Crippen molar-refractivity contribution in [3.63, 3.8) is 0 Å². The van der Waals surface area contributed by atoms with Crippen LogP contribution in [0.5, 0.6) is 0 Å². The molecule has 122 valence electrons. The third-order valence-electron chi connectivity index (χ3n) is 6.74. The van der Waals surface area contributed by atoms with E-state index in [1.807, 2.05) is 0 Å². The van der Waals surface area contributed by atoms with Crippen LogP contribution in [0.1, 0.15) is 59.3 Å². The van der Waals surface area contributed by atoms with E-state index in [1.54, 1.807) is 0 Å². The Kier molecular flexibility index (Phi) is 5.22. The Morgan fingerprint density at radius 3 is 2.00 bits per heavy atom. The highest BCUT2D eigenvalue weighted by Gasteiger charge is 2.48. The summed E-state index contributed by atoms with van der Waals surface area (Å²) < 4.78 is 0.698. The fourth-order valence-electron chi connectivity index (χ4n) is 4.98. The largest absolute Gasteiger partial charge is 0.298 e. The highest BCUT2D eigenvalue weighted by Crippen LogP contribution is 2.55. The van der Waals surface area contributed by atoms with E-state index in [-0.39, 0.29) is 0 Å². The molecule has 0 N–H and O–H groups in total. The molecule has 0 amide bonds. The molecule has 1 spiro atoms. The van der Waals surface area contributed by atoms with Gasteiger partial charge in [-0.1, -0.05) is 36.4 Å². The standard InChI is InChI=1S/C18H33IN2/c1-14(2)16-4-6-18(7-5-16)12-17(13-18)21-10-8-20(9-11-21)15(3)19/h14-17H,4-13H2,1-3H3. The lowest BCUT2D eigenvalue weighted by Gasteiger charge is -2.56. The van der Waals surface area contributed by atoms with Crippen LogP contribution in [0.3, 0.4) is 0 Å². The van der Waals surface area contributed by atoms with Gasteiger partial charge in [0.15, 0.2) is 0 Å². The summed E-state index contributed by atoms with van der Waals surface area (Å²) in [6.45, 7) is 12.3. The van der Waals surface area contributed by atoms with Crippen molar-refractivity contribution in [2.45, 2.75) is 69.4 Å². The van der Waals surface area contributed by atoms with Crippen molar-refractivity contribution in [2.24, 2.45) is 17.3 Å². The second-order valence-electron chi connectivity index (χ2n) is 8.29. The van der Waals surface area contributed by atoms with Gasteiger partial charge in [-0.15, -0.1) is 0 Å². The van der Waals surface area contributed by atoms with Crippen LogP contribution in [0.2, 0.25) is 0 Å². The average Bonchev–Trinajstić information content (AvgIpc) is 2.45. The third kappa shape index (κ3) is 3.60. The predicted octanol–water partition coefficient (Wildman–Crippen LogP) is 4.38. The van der Waals surface area contributed by atoms with Gasteiger partial charge in [0.1, 0.15) is 0 Å². The van der Waals surface area contributed by atoms with Crippen molar-refractivity contribution in [1.82, 2.24) is 9.80 Å². The van der Waals surface area contributed by atoms with Gasteiger partial charge in [-0.25, -0.2) is 0 Å². The minimum Gasteiger partial charge on any atom is -0.298 e. The maximum absolute atomic E-state index is 2.80. The first kappa shape index (κ1) is 16.5. The molecule has 21 heavy (non-hydrogen) atoms. The summed E-state index contributed by atoms with van der Waals surface area (Å²) in [5.41, 5.74) is 0.768. The minimum atomic E-state index is 0.698. The van der Waals surface area contributed by atoms with Crippen molar-refractivity contribution in [3.8, 4) is 0 Å². The van der Waals surface area contributed by atoms with Gasteiger partial charge >= 0.3 is 0 Å². The molecular formula is C18H33IN2. The lowest BCUT2D eigenvalue weighted by molar-refractivity contribution is -0.0522. The predicted molar refractivity (Wildman–Crippen MR) is 98.9 cm³/mol. The molecule has 1 atom stereocenters. The Bertz CT molecular complexity index is 331. The van der Waals surface area contributed by atoms with E-state index < -0.39 is 0 Å². The molecule has 3 fully saturated rings. The molecule has 3 heteroatoms. The van der Waals surface area contributed by atoms with E-state index in [9.17, 15) is 0 Å². The zero-order valence-corrected chi connectivity index (χ0v) is 16.3. The number of piperazine rings is 1. The highest BCUT2D eigenvalue weighted by molar-refractivity contribution is 14.1. The van der Waals surface area contributed by atoms with Crippen LogP contribution < -0.4 is 0 Å². The van der Waals surface area contributed by atoms with E-state index in [0.717, 1.165) is 23.3 Å². The van der Waals surface area contributed by atoms with E-state index in [1.165, 1.54) is 64.7 Å². The minimum absolute atomic E-state index is 0.698. The molecule has 1 unspecified atom stereocenters. The number of hydrogen-bond acceptors (Lipinski definition) is 2. The molecule has 2 aliphatic carbocycles. The molecule has 2 saturated carbocycles.